The molecule has 1 N–H and O–H groups in total. The molecule has 110 valence electrons. The number of carbonyl (C=O) groups excluding carboxylic acids is 1. The van der Waals surface area contributed by atoms with Crippen molar-refractivity contribution < 1.29 is 17.6 Å². The van der Waals surface area contributed by atoms with Crippen LogP contribution in [0.25, 0.3) is 0 Å². The molecule has 1 aliphatic heterocycles. The van der Waals surface area contributed by atoms with Gasteiger partial charge in [0.05, 0.1) is 11.5 Å². The Morgan fingerprint density at radius 1 is 1.30 bits per heavy atom. The molecular formula is C14H18FNO3S. The second-order valence-corrected chi connectivity index (χ2v) is 7.43. The molecule has 1 aliphatic rings. The van der Waals surface area contributed by atoms with Gasteiger partial charge in [0.25, 0.3) is 0 Å². The lowest BCUT2D eigenvalue weighted by Gasteiger charge is -2.08. The van der Waals surface area contributed by atoms with Crippen molar-refractivity contribution in [1.29, 1.82) is 0 Å². The van der Waals surface area contributed by atoms with Crippen LogP contribution >= 0.6 is 0 Å². The van der Waals surface area contributed by atoms with Crippen molar-refractivity contribution in [2.45, 2.75) is 19.3 Å². The van der Waals surface area contributed by atoms with Gasteiger partial charge in [-0.25, -0.2) is 12.8 Å². The van der Waals surface area contributed by atoms with Crippen LogP contribution in [0.1, 0.15) is 18.4 Å². The van der Waals surface area contributed by atoms with Crippen LogP contribution in [0, 0.1) is 11.7 Å². The topological polar surface area (TPSA) is 63.2 Å². The van der Waals surface area contributed by atoms with Crippen molar-refractivity contribution in [3.05, 3.63) is 35.6 Å². The first-order valence-electron chi connectivity index (χ1n) is 6.66. The summed E-state index contributed by atoms with van der Waals surface area (Å²) in [5, 5.41) is 2.77. The minimum absolute atomic E-state index is 0.0502. The predicted octanol–water partition coefficient (Wildman–Crippen LogP) is 1.31. The summed E-state index contributed by atoms with van der Waals surface area (Å²) < 4.78 is 35.3. The van der Waals surface area contributed by atoms with E-state index in [0.717, 1.165) is 5.56 Å². The van der Waals surface area contributed by atoms with Gasteiger partial charge >= 0.3 is 0 Å². The third-order valence-electron chi connectivity index (χ3n) is 3.45. The lowest BCUT2D eigenvalue weighted by atomic mass is 10.0. The Morgan fingerprint density at radius 2 is 2.00 bits per heavy atom. The zero-order chi connectivity index (χ0) is 14.6. The van der Waals surface area contributed by atoms with E-state index in [-0.39, 0.29) is 35.6 Å². The molecule has 1 aromatic rings. The fourth-order valence-corrected chi connectivity index (χ4v) is 4.23. The quantitative estimate of drug-likeness (QED) is 0.891. The minimum atomic E-state index is -2.92. The normalized spacial score (nSPS) is 20.8. The zero-order valence-electron chi connectivity index (χ0n) is 11.1. The van der Waals surface area contributed by atoms with E-state index in [4.69, 9.17) is 0 Å². The van der Waals surface area contributed by atoms with Crippen LogP contribution in [0.4, 0.5) is 4.39 Å². The van der Waals surface area contributed by atoms with Crippen LogP contribution in [0.15, 0.2) is 24.3 Å². The summed E-state index contributed by atoms with van der Waals surface area (Å²) >= 11 is 0. The number of sulfone groups is 1. The van der Waals surface area contributed by atoms with Gasteiger partial charge in [-0.15, -0.1) is 0 Å². The van der Waals surface area contributed by atoms with Gasteiger partial charge in [0.1, 0.15) is 5.82 Å². The molecule has 6 heteroatoms. The highest BCUT2D eigenvalue weighted by Crippen LogP contribution is 2.21. The van der Waals surface area contributed by atoms with Crippen LogP contribution in [0.2, 0.25) is 0 Å². The van der Waals surface area contributed by atoms with E-state index in [1.165, 1.54) is 12.1 Å². The Balaban J connectivity index is 1.69. The highest BCUT2D eigenvalue weighted by atomic mass is 32.2. The highest BCUT2D eigenvalue weighted by molar-refractivity contribution is 7.91. The molecule has 1 fully saturated rings. The van der Waals surface area contributed by atoms with Gasteiger partial charge in [-0.1, -0.05) is 12.1 Å². The van der Waals surface area contributed by atoms with Crippen molar-refractivity contribution in [2.24, 2.45) is 5.92 Å². The number of hydrogen-bond donors (Lipinski definition) is 1. The largest absolute Gasteiger partial charge is 0.356 e. The highest BCUT2D eigenvalue weighted by Gasteiger charge is 2.29. The van der Waals surface area contributed by atoms with E-state index in [1.807, 2.05) is 0 Å². The van der Waals surface area contributed by atoms with E-state index in [1.54, 1.807) is 12.1 Å². The standard InChI is InChI=1S/C14H18FNO3S/c15-13-3-1-11(2-4-13)5-7-16-14(17)9-12-6-8-20(18,19)10-12/h1-4,12H,5-10H2,(H,16,17). The molecule has 0 saturated carbocycles. The van der Waals surface area contributed by atoms with Gasteiger partial charge in [0, 0.05) is 13.0 Å². The number of benzene rings is 1. The monoisotopic (exact) mass is 299 g/mol. The third-order valence-corrected chi connectivity index (χ3v) is 5.29. The van der Waals surface area contributed by atoms with Gasteiger partial charge in [0.2, 0.25) is 5.91 Å². The second kappa shape index (κ2) is 6.35. The predicted molar refractivity (Wildman–Crippen MR) is 74.5 cm³/mol. The van der Waals surface area contributed by atoms with Crippen molar-refractivity contribution in [1.82, 2.24) is 5.32 Å². The van der Waals surface area contributed by atoms with Crippen molar-refractivity contribution >= 4 is 15.7 Å². The maximum absolute atomic E-state index is 12.7. The Morgan fingerprint density at radius 3 is 2.60 bits per heavy atom. The lowest BCUT2D eigenvalue weighted by Crippen LogP contribution is -2.27. The van der Waals surface area contributed by atoms with E-state index in [2.05, 4.69) is 5.32 Å². The van der Waals surface area contributed by atoms with Crippen molar-refractivity contribution in [3.8, 4) is 0 Å². The van der Waals surface area contributed by atoms with Gasteiger partial charge < -0.3 is 5.32 Å². The molecule has 0 spiro atoms. The molecule has 1 heterocycles. The van der Waals surface area contributed by atoms with Gasteiger partial charge in [0.15, 0.2) is 9.84 Å². The average Bonchev–Trinajstić information content (AvgIpc) is 2.71. The molecule has 4 nitrogen and oxygen atoms in total. The van der Waals surface area contributed by atoms with E-state index >= 15 is 0 Å². The lowest BCUT2D eigenvalue weighted by molar-refractivity contribution is -0.121. The molecule has 1 amide bonds. The number of amides is 1. The Hall–Kier alpha value is -1.43. The molecule has 0 aromatic heterocycles. The van der Waals surface area contributed by atoms with Crippen molar-refractivity contribution in [3.63, 3.8) is 0 Å². The molecule has 1 aromatic carbocycles. The number of hydrogen-bond acceptors (Lipinski definition) is 3. The van der Waals surface area contributed by atoms with Crippen LogP contribution < -0.4 is 5.32 Å². The molecule has 1 unspecified atom stereocenters. The number of halogens is 1. The molecule has 2 rings (SSSR count). The number of carbonyl (C=O) groups is 1. The molecule has 1 saturated heterocycles. The van der Waals surface area contributed by atoms with Crippen LogP contribution in [0.5, 0.6) is 0 Å². The molecule has 1 atom stereocenters. The summed E-state index contributed by atoms with van der Waals surface area (Å²) in [6.07, 6.45) is 1.48. The fraction of sp³-hybridized carbons (Fsp3) is 0.500. The first-order valence-corrected chi connectivity index (χ1v) is 8.48. The summed E-state index contributed by atoms with van der Waals surface area (Å²) in [7, 11) is -2.92. The Kier molecular flexibility index (Phi) is 4.75. The maximum Gasteiger partial charge on any atom is 0.220 e. The maximum atomic E-state index is 12.7. The fourth-order valence-electron chi connectivity index (χ4n) is 2.36. The summed E-state index contributed by atoms with van der Waals surface area (Å²) in [5.41, 5.74) is 0.954. The molecule has 0 radical (unpaired) electrons. The van der Waals surface area contributed by atoms with Gasteiger partial charge in [-0.2, -0.15) is 0 Å². The molecule has 0 bridgehead atoms. The smallest absolute Gasteiger partial charge is 0.220 e. The summed E-state index contributed by atoms with van der Waals surface area (Å²) in [6.45, 7) is 0.476. The third kappa shape index (κ3) is 4.59. The second-order valence-electron chi connectivity index (χ2n) is 5.20. The number of nitrogens with one attached hydrogen (secondary N) is 1. The summed E-state index contributed by atoms with van der Waals surface area (Å²) in [6, 6.07) is 6.15. The van der Waals surface area contributed by atoms with E-state index < -0.39 is 9.84 Å². The van der Waals surface area contributed by atoms with Gasteiger partial charge in [-0.05, 0) is 36.5 Å². The molecular weight excluding hydrogens is 281 g/mol. The average molecular weight is 299 g/mol. The Labute approximate surface area is 118 Å². The SMILES string of the molecule is O=C(CC1CCS(=O)(=O)C1)NCCc1ccc(F)cc1. The minimum Gasteiger partial charge on any atom is -0.356 e. The van der Waals surface area contributed by atoms with Crippen LogP contribution in [-0.2, 0) is 21.1 Å². The Bertz CT molecular complexity index is 569. The zero-order valence-corrected chi connectivity index (χ0v) is 12.0. The number of rotatable bonds is 5. The van der Waals surface area contributed by atoms with Crippen LogP contribution in [0.3, 0.4) is 0 Å². The van der Waals surface area contributed by atoms with Crippen LogP contribution in [-0.4, -0.2) is 32.4 Å². The van der Waals surface area contributed by atoms with E-state index in [9.17, 15) is 17.6 Å². The summed E-state index contributed by atoms with van der Waals surface area (Å²) in [5.74, 6) is -0.126. The first kappa shape index (κ1) is 15.0. The summed E-state index contributed by atoms with van der Waals surface area (Å²) in [4.78, 5) is 11.7. The molecule has 20 heavy (non-hydrogen) atoms. The first-order chi connectivity index (χ1) is 9.44. The van der Waals surface area contributed by atoms with E-state index in [0.29, 0.717) is 19.4 Å². The van der Waals surface area contributed by atoms with Crippen molar-refractivity contribution in [2.75, 3.05) is 18.1 Å². The molecule has 0 aliphatic carbocycles. The van der Waals surface area contributed by atoms with Gasteiger partial charge in [-0.3, -0.25) is 4.79 Å².